The van der Waals surface area contributed by atoms with Gasteiger partial charge >= 0.3 is 0 Å². The van der Waals surface area contributed by atoms with E-state index in [-0.39, 0.29) is 0 Å². The first-order valence-electron chi connectivity index (χ1n) is 4.46. The number of aryl methyl sites for hydroxylation is 1. The molecule has 1 unspecified atom stereocenters. The van der Waals surface area contributed by atoms with Gasteiger partial charge in [0.1, 0.15) is 0 Å². The van der Waals surface area contributed by atoms with E-state index >= 15 is 0 Å². The number of nitrogens with zero attached hydrogens (tertiary/aromatic N) is 2. The van der Waals surface area contributed by atoms with Crippen LogP contribution in [0.3, 0.4) is 0 Å². The zero-order chi connectivity index (χ0) is 9.68. The Bertz CT molecular complexity index is 262. The quantitative estimate of drug-likeness (QED) is 0.719. The molecule has 0 aliphatic rings. The summed E-state index contributed by atoms with van der Waals surface area (Å²) in [7, 11) is 0. The lowest BCUT2D eigenvalue weighted by molar-refractivity contribution is 0.625. The molecule has 4 heteroatoms. The molecule has 0 saturated heterocycles. The molecule has 0 bridgehead atoms. The van der Waals surface area contributed by atoms with Crippen LogP contribution in [0.2, 0.25) is 0 Å². The molecule has 0 radical (unpaired) electrons. The summed E-state index contributed by atoms with van der Waals surface area (Å²) >= 11 is 0. The van der Waals surface area contributed by atoms with E-state index in [1.807, 2.05) is 13.0 Å². The minimum atomic E-state index is 0.448. The van der Waals surface area contributed by atoms with Crippen LogP contribution in [0.5, 0.6) is 0 Å². The van der Waals surface area contributed by atoms with Gasteiger partial charge in [-0.2, -0.15) is 0 Å². The van der Waals surface area contributed by atoms with Crippen LogP contribution in [0.4, 0.5) is 5.95 Å². The minimum Gasteiger partial charge on any atom is -0.354 e. The van der Waals surface area contributed by atoms with Crippen molar-refractivity contribution in [3.63, 3.8) is 0 Å². The van der Waals surface area contributed by atoms with Gasteiger partial charge in [-0.05, 0) is 25.5 Å². The molecule has 0 aromatic carbocycles. The van der Waals surface area contributed by atoms with E-state index in [2.05, 4.69) is 22.2 Å². The second kappa shape index (κ2) is 4.77. The smallest absolute Gasteiger partial charge is 0.222 e. The van der Waals surface area contributed by atoms with Crippen LogP contribution in [0.25, 0.3) is 0 Å². The molecular formula is C9H16N4. The Balaban J connectivity index is 2.45. The number of anilines is 1. The average molecular weight is 180 g/mol. The summed E-state index contributed by atoms with van der Waals surface area (Å²) in [4.78, 5) is 8.30. The third-order valence-electron chi connectivity index (χ3n) is 1.81. The lowest BCUT2D eigenvalue weighted by atomic mass is 10.2. The maximum Gasteiger partial charge on any atom is 0.222 e. The van der Waals surface area contributed by atoms with Crippen LogP contribution in [0.1, 0.15) is 12.6 Å². The van der Waals surface area contributed by atoms with Crippen molar-refractivity contribution in [2.45, 2.75) is 13.8 Å². The fourth-order valence-corrected chi connectivity index (χ4v) is 0.883. The molecule has 3 N–H and O–H groups in total. The normalized spacial score (nSPS) is 12.5. The Morgan fingerprint density at radius 2 is 2.38 bits per heavy atom. The molecule has 0 aliphatic heterocycles. The van der Waals surface area contributed by atoms with Gasteiger partial charge in [0.15, 0.2) is 0 Å². The van der Waals surface area contributed by atoms with Crippen molar-refractivity contribution in [1.82, 2.24) is 9.97 Å². The van der Waals surface area contributed by atoms with Gasteiger partial charge in [-0.25, -0.2) is 9.97 Å². The lowest BCUT2D eigenvalue weighted by Gasteiger charge is -2.09. The maximum atomic E-state index is 5.49. The van der Waals surface area contributed by atoms with E-state index < -0.39 is 0 Å². The Morgan fingerprint density at radius 3 is 3.00 bits per heavy atom. The van der Waals surface area contributed by atoms with Crippen molar-refractivity contribution in [2.75, 3.05) is 18.4 Å². The maximum absolute atomic E-state index is 5.49. The summed E-state index contributed by atoms with van der Waals surface area (Å²) in [6, 6.07) is 1.87. The summed E-state index contributed by atoms with van der Waals surface area (Å²) in [6.45, 7) is 5.53. The number of nitrogens with two attached hydrogens (primary N) is 1. The van der Waals surface area contributed by atoms with Gasteiger partial charge in [0, 0.05) is 18.4 Å². The number of rotatable bonds is 4. The fraction of sp³-hybridized carbons (Fsp3) is 0.556. The summed E-state index contributed by atoms with van der Waals surface area (Å²) in [5.74, 6) is 1.13. The van der Waals surface area contributed by atoms with E-state index in [9.17, 15) is 0 Å². The standard InChI is InChI=1S/C9H16N4/c1-7(5-10)6-12-9-11-4-3-8(2)13-9/h3-4,7H,5-6,10H2,1-2H3,(H,11,12,13). The van der Waals surface area contributed by atoms with Crippen LogP contribution in [0.15, 0.2) is 12.3 Å². The van der Waals surface area contributed by atoms with Gasteiger partial charge in [0.25, 0.3) is 0 Å². The van der Waals surface area contributed by atoms with Crippen LogP contribution >= 0.6 is 0 Å². The first-order chi connectivity index (χ1) is 6.22. The van der Waals surface area contributed by atoms with Gasteiger partial charge < -0.3 is 11.1 Å². The molecule has 1 heterocycles. The van der Waals surface area contributed by atoms with Crippen molar-refractivity contribution in [3.05, 3.63) is 18.0 Å². The molecule has 4 nitrogen and oxygen atoms in total. The highest BCUT2D eigenvalue weighted by Crippen LogP contribution is 2.00. The van der Waals surface area contributed by atoms with Crippen molar-refractivity contribution in [2.24, 2.45) is 11.7 Å². The summed E-state index contributed by atoms with van der Waals surface area (Å²) < 4.78 is 0. The van der Waals surface area contributed by atoms with Gasteiger partial charge in [0.05, 0.1) is 0 Å². The zero-order valence-corrected chi connectivity index (χ0v) is 8.12. The van der Waals surface area contributed by atoms with Gasteiger partial charge in [-0.3, -0.25) is 0 Å². The molecule has 13 heavy (non-hydrogen) atoms. The van der Waals surface area contributed by atoms with E-state index in [0.717, 1.165) is 12.2 Å². The average Bonchev–Trinajstić information content (AvgIpc) is 2.14. The number of aromatic nitrogens is 2. The topological polar surface area (TPSA) is 63.8 Å². The third-order valence-corrected chi connectivity index (χ3v) is 1.81. The van der Waals surface area contributed by atoms with Crippen molar-refractivity contribution in [1.29, 1.82) is 0 Å². The third kappa shape index (κ3) is 3.38. The van der Waals surface area contributed by atoms with E-state index in [4.69, 9.17) is 5.73 Å². The highest BCUT2D eigenvalue weighted by molar-refractivity contribution is 5.24. The summed E-state index contributed by atoms with van der Waals surface area (Å²) in [5, 5.41) is 3.13. The first kappa shape index (κ1) is 9.92. The Kier molecular flexibility index (Phi) is 3.64. The summed E-state index contributed by atoms with van der Waals surface area (Å²) in [5.41, 5.74) is 6.46. The van der Waals surface area contributed by atoms with Gasteiger partial charge in [-0.15, -0.1) is 0 Å². The van der Waals surface area contributed by atoms with Gasteiger partial charge in [0.2, 0.25) is 5.95 Å². The molecule has 1 aromatic heterocycles. The zero-order valence-electron chi connectivity index (χ0n) is 8.12. The highest BCUT2D eigenvalue weighted by Gasteiger charge is 1.99. The number of nitrogens with one attached hydrogen (secondary N) is 1. The predicted octanol–water partition coefficient (Wildman–Crippen LogP) is 0.792. The molecule has 0 spiro atoms. The number of hydrogen-bond acceptors (Lipinski definition) is 4. The largest absolute Gasteiger partial charge is 0.354 e. The predicted molar refractivity (Wildman–Crippen MR) is 53.5 cm³/mol. The lowest BCUT2D eigenvalue weighted by Crippen LogP contribution is -2.20. The molecule has 0 amide bonds. The van der Waals surface area contributed by atoms with Gasteiger partial charge in [-0.1, -0.05) is 6.92 Å². The van der Waals surface area contributed by atoms with E-state index in [1.165, 1.54) is 0 Å². The Labute approximate surface area is 78.6 Å². The van der Waals surface area contributed by atoms with Crippen LogP contribution in [-0.4, -0.2) is 23.1 Å². The van der Waals surface area contributed by atoms with Crippen LogP contribution in [0, 0.1) is 12.8 Å². The Morgan fingerprint density at radius 1 is 1.62 bits per heavy atom. The molecule has 0 aliphatic carbocycles. The number of hydrogen-bond donors (Lipinski definition) is 2. The van der Waals surface area contributed by atoms with E-state index in [0.29, 0.717) is 18.4 Å². The van der Waals surface area contributed by atoms with Crippen LogP contribution < -0.4 is 11.1 Å². The molecular weight excluding hydrogens is 164 g/mol. The fourth-order valence-electron chi connectivity index (χ4n) is 0.883. The monoisotopic (exact) mass is 180 g/mol. The minimum absolute atomic E-state index is 0.448. The molecule has 1 aromatic rings. The SMILES string of the molecule is Cc1ccnc(NCC(C)CN)n1. The van der Waals surface area contributed by atoms with Crippen molar-refractivity contribution < 1.29 is 0 Å². The van der Waals surface area contributed by atoms with Crippen molar-refractivity contribution in [3.8, 4) is 0 Å². The van der Waals surface area contributed by atoms with E-state index in [1.54, 1.807) is 6.20 Å². The molecule has 1 rings (SSSR count). The molecule has 0 fully saturated rings. The molecule has 72 valence electrons. The second-order valence-corrected chi connectivity index (χ2v) is 3.24. The Hall–Kier alpha value is -1.16. The van der Waals surface area contributed by atoms with Crippen molar-refractivity contribution >= 4 is 5.95 Å². The first-order valence-corrected chi connectivity index (χ1v) is 4.46. The second-order valence-electron chi connectivity index (χ2n) is 3.24. The summed E-state index contributed by atoms with van der Waals surface area (Å²) in [6.07, 6.45) is 1.75. The molecule has 0 saturated carbocycles. The highest BCUT2D eigenvalue weighted by atomic mass is 15.1. The van der Waals surface area contributed by atoms with Crippen LogP contribution in [-0.2, 0) is 0 Å². The molecule has 1 atom stereocenters.